The van der Waals surface area contributed by atoms with Crippen LogP contribution in [0.5, 0.6) is 0 Å². The topological polar surface area (TPSA) is 86.8 Å². The molecule has 1 atom stereocenters. The second-order valence-electron chi connectivity index (χ2n) is 10.7. The number of carbonyl (C=O) groups is 2. The van der Waals surface area contributed by atoms with Gasteiger partial charge in [-0.3, -0.25) is 13.9 Å². The van der Waals surface area contributed by atoms with Gasteiger partial charge in [0.05, 0.1) is 10.6 Å². The molecule has 1 unspecified atom stereocenters. The van der Waals surface area contributed by atoms with Crippen molar-refractivity contribution in [3.05, 3.63) is 94.0 Å². The van der Waals surface area contributed by atoms with Crippen LogP contribution in [0.15, 0.2) is 77.7 Å². The summed E-state index contributed by atoms with van der Waals surface area (Å²) in [5.74, 6) is -0.747. The molecule has 0 radical (unpaired) electrons. The standard InChI is InChI=1S/C32H37Cl2N3O4S/c1-3-30(32(39)35-27-12-8-5-9-13-27)36(21-24-10-6-4-7-11-24)31(38)22-37(28-19-25(33)18-26(34)20-28)42(40,41)29-16-14-23(2)15-17-29/h4,6-7,10-11,14-20,27,30H,3,5,8-9,12-13,21-22H2,1-2H3,(H,35,39). The number of rotatable bonds is 11. The van der Waals surface area contributed by atoms with Crippen molar-refractivity contribution in [1.82, 2.24) is 10.2 Å². The number of hydrogen-bond donors (Lipinski definition) is 1. The zero-order chi connectivity index (χ0) is 30.3. The second-order valence-corrected chi connectivity index (χ2v) is 13.5. The van der Waals surface area contributed by atoms with Crippen LogP contribution in [-0.2, 0) is 26.2 Å². The van der Waals surface area contributed by atoms with Crippen molar-refractivity contribution in [2.24, 2.45) is 0 Å². The summed E-state index contributed by atoms with van der Waals surface area (Å²) in [4.78, 5) is 29.3. The van der Waals surface area contributed by atoms with Gasteiger partial charge in [-0.2, -0.15) is 0 Å². The third-order valence-electron chi connectivity index (χ3n) is 7.56. The smallest absolute Gasteiger partial charge is 0.264 e. The van der Waals surface area contributed by atoms with Gasteiger partial charge in [-0.15, -0.1) is 0 Å². The minimum Gasteiger partial charge on any atom is -0.352 e. The largest absolute Gasteiger partial charge is 0.352 e. The molecule has 0 heterocycles. The Labute approximate surface area is 258 Å². The molecule has 2 amide bonds. The zero-order valence-electron chi connectivity index (χ0n) is 23.9. The molecule has 3 aromatic carbocycles. The molecule has 224 valence electrons. The number of halogens is 2. The summed E-state index contributed by atoms with van der Waals surface area (Å²) in [6.45, 7) is 3.31. The molecule has 42 heavy (non-hydrogen) atoms. The van der Waals surface area contributed by atoms with Crippen LogP contribution in [0.25, 0.3) is 0 Å². The lowest BCUT2D eigenvalue weighted by molar-refractivity contribution is -0.140. The van der Waals surface area contributed by atoms with E-state index in [1.165, 1.54) is 35.2 Å². The number of benzene rings is 3. The molecule has 4 rings (SSSR count). The predicted molar refractivity (Wildman–Crippen MR) is 168 cm³/mol. The Kier molecular flexibility index (Phi) is 10.9. The minimum atomic E-state index is -4.21. The van der Waals surface area contributed by atoms with Crippen molar-refractivity contribution in [2.75, 3.05) is 10.8 Å². The molecule has 1 aliphatic rings. The molecule has 1 aliphatic carbocycles. The lowest BCUT2D eigenvalue weighted by Crippen LogP contribution is -2.54. The van der Waals surface area contributed by atoms with Crippen LogP contribution in [0.1, 0.15) is 56.6 Å². The van der Waals surface area contributed by atoms with E-state index >= 15 is 0 Å². The van der Waals surface area contributed by atoms with E-state index in [-0.39, 0.29) is 39.1 Å². The molecule has 10 heteroatoms. The predicted octanol–water partition coefficient (Wildman–Crippen LogP) is 6.75. The van der Waals surface area contributed by atoms with Crippen molar-refractivity contribution >= 4 is 50.7 Å². The molecule has 0 aromatic heterocycles. The van der Waals surface area contributed by atoms with Gasteiger partial charge in [0.15, 0.2) is 0 Å². The number of amides is 2. The highest BCUT2D eigenvalue weighted by Gasteiger charge is 2.34. The molecule has 7 nitrogen and oxygen atoms in total. The lowest BCUT2D eigenvalue weighted by atomic mass is 9.95. The van der Waals surface area contributed by atoms with Crippen LogP contribution in [0, 0.1) is 6.92 Å². The number of nitrogens with one attached hydrogen (secondary N) is 1. The maximum absolute atomic E-state index is 14.2. The van der Waals surface area contributed by atoms with Crippen LogP contribution in [0.2, 0.25) is 10.0 Å². The second kappa shape index (κ2) is 14.4. The van der Waals surface area contributed by atoms with E-state index in [2.05, 4.69) is 5.32 Å². The normalized spacial score (nSPS) is 14.7. The highest BCUT2D eigenvalue weighted by molar-refractivity contribution is 7.92. The quantitative estimate of drug-likeness (QED) is 0.254. The number of hydrogen-bond acceptors (Lipinski definition) is 4. The van der Waals surface area contributed by atoms with E-state index in [1.54, 1.807) is 12.1 Å². The summed E-state index contributed by atoms with van der Waals surface area (Å²) in [6, 6.07) is 19.5. The Hall–Kier alpha value is -3.07. The number of carbonyl (C=O) groups excluding carboxylic acids is 2. The molecule has 1 fully saturated rings. The Balaban J connectivity index is 1.71. The van der Waals surface area contributed by atoms with Crippen molar-refractivity contribution in [3.63, 3.8) is 0 Å². The van der Waals surface area contributed by atoms with Gasteiger partial charge in [-0.25, -0.2) is 8.42 Å². The van der Waals surface area contributed by atoms with Crippen molar-refractivity contribution < 1.29 is 18.0 Å². The Morgan fingerprint density at radius 3 is 2.14 bits per heavy atom. The fourth-order valence-electron chi connectivity index (χ4n) is 5.29. The monoisotopic (exact) mass is 629 g/mol. The summed E-state index contributed by atoms with van der Waals surface area (Å²) in [5.41, 5.74) is 1.88. The van der Waals surface area contributed by atoms with E-state index < -0.39 is 28.5 Å². The molecule has 0 aliphatic heterocycles. The van der Waals surface area contributed by atoms with Gasteiger partial charge in [-0.05, 0) is 62.1 Å². The van der Waals surface area contributed by atoms with Crippen LogP contribution < -0.4 is 9.62 Å². The minimum absolute atomic E-state index is 0.0219. The fourth-order valence-corrected chi connectivity index (χ4v) is 7.21. The Bertz CT molecular complexity index is 1460. The lowest BCUT2D eigenvalue weighted by Gasteiger charge is -2.34. The van der Waals surface area contributed by atoms with Crippen LogP contribution in [0.4, 0.5) is 5.69 Å². The highest BCUT2D eigenvalue weighted by Crippen LogP contribution is 2.30. The Morgan fingerprint density at radius 2 is 1.55 bits per heavy atom. The number of aryl methyl sites for hydroxylation is 1. The molecule has 1 N–H and O–H groups in total. The summed E-state index contributed by atoms with van der Waals surface area (Å²) in [7, 11) is -4.21. The first kappa shape index (κ1) is 31.9. The molecule has 3 aromatic rings. The number of nitrogens with zero attached hydrogens (tertiary/aromatic N) is 2. The van der Waals surface area contributed by atoms with Crippen LogP contribution >= 0.6 is 23.2 Å². The molecule has 0 spiro atoms. The van der Waals surface area contributed by atoms with Gasteiger partial charge in [0.1, 0.15) is 12.6 Å². The van der Waals surface area contributed by atoms with Gasteiger partial charge in [0.2, 0.25) is 11.8 Å². The van der Waals surface area contributed by atoms with E-state index in [1.807, 2.05) is 44.2 Å². The average molecular weight is 631 g/mol. The first-order valence-corrected chi connectivity index (χ1v) is 16.5. The van der Waals surface area contributed by atoms with E-state index in [0.717, 1.165) is 47.5 Å². The molecular weight excluding hydrogens is 593 g/mol. The third kappa shape index (κ3) is 8.06. The number of anilines is 1. The Morgan fingerprint density at radius 1 is 0.929 bits per heavy atom. The van der Waals surface area contributed by atoms with Gasteiger partial charge in [0, 0.05) is 22.6 Å². The molecular formula is C32H37Cl2N3O4S. The van der Waals surface area contributed by atoms with Crippen molar-refractivity contribution in [2.45, 2.75) is 75.9 Å². The number of sulfonamides is 1. The first-order valence-electron chi connectivity index (χ1n) is 14.3. The first-order chi connectivity index (χ1) is 20.1. The van der Waals surface area contributed by atoms with Crippen molar-refractivity contribution in [1.29, 1.82) is 0 Å². The van der Waals surface area contributed by atoms with Crippen LogP contribution in [0.3, 0.4) is 0 Å². The average Bonchev–Trinajstić information content (AvgIpc) is 2.96. The van der Waals surface area contributed by atoms with Crippen LogP contribution in [-0.4, -0.2) is 43.8 Å². The van der Waals surface area contributed by atoms with E-state index in [4.69, 9.17) is 23.2 Å². The summed E-state index contributed by atoms with van der Waals surface area (Å²) >= 11 is 12.5. The summed E-state index contributed by atoms with van der Waals surface area (Å²) in [5, 5.41) is 3.61. The summed E-state index contributed by atoms with van der Waals surface area (Å²) < 4.78 is 29.0. The van der Waals surface area contributed by atoms with Gasteiger partial charge < -0.3 is 10.2 Å². The molecule has 0 saturated heterocycles. The molecule has 0 bridgehead atoms. The van der Waals surface area contributed by atoms with Gasteiger partial charge in [0.25, 0.3) is 10.0 Å². The summed E-state index contributed by atoms with van der Waals surface area (Å²) in [6.07, 6.45) is 5.45. The van der Waals surface area contributed by atoms with Gasteiger partial charge >= 0.3 is 0 Å². The van der Waals surface area contributed by atoms with Gasteiger partial charge in [-0.1, -0.05) is 97.4 Å². The molecule has 1 saturated carbocycles. The fraction of sp³-hybridized carbons (Fsp3) is 0.375. The van der Waals surface area contributed by atoms with E-state index in [9.17, 15) is 18.0 Å². The van der Waals surface area contributed by atoms with E-state index in [0.29, 0.717) is 6.42 Å². The zero-order valence-corrected chi connectivity index (χ0v) is 26.3. The maximum Gasteiger partial charge on any atom is 0.264 e. The van der Waals surface area contributed by atoms with Crippen molar-refractivity contribution in [3.8, 4) is 0 Å². The SMILES string of the molecule is CCC(C(=O)NC1CCCCC1)N(Cc1ccccc1)C(=O)CN(c1cc(Cl)cc(Cl)c1)S(=O)(=O)c1ccc(C)cc1. The third-order valence-corrected chi connectivity index (χ3v) is 9.78. The maximum atomic E-state index is 14.2. The highest BCUT2D eigenvalue weighted by atomic mass is 35.5.